The van der Waals surface area contributed by atoms with Crippen LogP contribution in [-0.2, 0) is 24.3 Å². The molecule has 2 aromatic carbocycles. The zero-order valence-electron chi connectivity index (χ0n) is 18.9. The normalized spacial score (nSPS) is 10.9. The van der Waals surface area contributed by atoms with Gasteiger partial charge in [-0.2, -0.15) is 9.57 Å². The summed E-state index contributed by atoms with van der Waals surface area (Å²) in [4.78, 5) is 37.9. The number of carbonyl (C=O) groups is 3. The second-order valence-electron chi connectivity index (χ2n) is 6.93. The first kappa shape index (κ1) is 26.5. The predicted octanol–water partition coefficient (Wildman–Crippen LogP) is 1.55. The fourth-order valence-corrected chi connectivity index (χ4v) is 4.48. The van der Waals surface area contributed by atoms with Crippen molar-refractivity contribution in [2.24, 2.45) is 0 Å². The smallest absolute Gasteiger partial charge is 0.325 e. The lowest BCUT2D eigenvalue weighted by atomic mass is 10.2. The van der Waals surface area contributed by atoms with Gasteiger partial charge in [-0.25, -0.2) is 8.42 Å². The summed E-state index contributed by atoms with van der Waals surface area (Å²) in [5.74, 6) is -2.03. The Bertz CT molecular complexity index is 1140. The molecule has 0 radical (unpaired) electrons. The van der Waals surface area contributed by atoms with E-state index in [1.54, 1.807) is 44.2 Å². The van der Waals surface area contributed by atoms with Crippen LogP contribution in [0.3, 0.4) is 0 Å². The number of sulfonamides is 1. The van der Waals surface area contributed by atoms with Crippen LogP contribution >= 0.6 is 0 Å². The highest BCUT2D eigenvalue weighted by molar-refractivity contribution is 7.89. The first-order chi connectivity index (χ1) is 16.2. The molecular formula is C23H26N4O6S. The van der Waals surface area contributed by atoms with Gasteiger partial charge in [-0.1, -0.05) is 32.0 Å². The maximum atomic E-state index is 12.5. The van der Waals surface area contributed by atoms with Crippen LogP contribution in [0, 0.1) is 11.3 Å². The van der Waals surface area contributed by atoms with Gasteiger partial charge in [0.05, 0.1) is 11.0 Å². The number of carbonyl (C=O) groups excluding carboxylic acids is 3. The summed E-state index contributed by atoms with van der Waals surface area (Å²) in [6.07, 6.45) is 0. The summed E-state index contributed by atoms with van der Waals surface area (Å²) in [6.45, 7) is 2.82. The highest BCUT2D eigenvalue weighted by Crippen LogP contribution is 2.16. The molecule has 0 bridgehead atoms. The fourth-order valence-electron chi connectivity index (χ4n) is 3.02. The number of nitriles is 1. The van der Waals surface area contributed by atoms with Crippen LogP contribution in [0.1, 0.15) is 24.2 Å². The quantitative estimate of drug-likeness (QED) is 0.376. The number of hydrogen-bond acceptors (Lipinski definition) is 7. The topological polar surface area (TPSA) is 137 Å². The second-order valence-corrected chi connectivity index (χ2v) is 8.87. The number of esters is 1. The van der Waals surface area contributed by atoms with E-state index in [2.05, 4.69) is 5.32 Å². The zero-order chi connectivity index (χ0) is 25.1. The van der Waals surface area contributed by atoms with Crippen molar-refractivity contribution in [1.29, 1.82) is 5.26 Å². The third-order valence-corrected chi connectivity index (χ3v) is 6.87. The highest BCUT2D eigenvalue weighted by Gasteiger charge is 2.22. The average molecular weight is 487 g/mol. The monoisotopic (exact) mass is 486 g/mol. The summed E-state index contributed by atoms with van der Waals surface area (Å²) in [7, 11) is -3.64. The number of rotatable bonds is 11. The molecular weight excluding hydrogens is 460 g/mol. The third kappa shape index (κ3) is 6.87. The number of nitrogens with one attached hydrogen (secondary N) is 1. The Morgan fingerprint density at radius 3 is 2.18 bits per heavy atom. The van der Waals surface area contributed by atoms with Crippen LogP contribution in [0.5, 0.6) is 0 Å². The van der Waals surface area contributed by atoms with Crippen molar-refractivity contribution in [3.05, 3.63) is 60.2 Å². The summed E-state index contributed by atoms with van der Waals surface area (Å²) in [6, 6.07) is 15.7. The van der Waals surface area contributed by atoms with Gasteiger partial charge in [-0.3, -0.25) is 19.3 Å². The number of ether oxygens (including phenoxy) is 1. The molecule has 0 spiro atoms. The molecule has 180 valence electrons. The van der Waals surface area contributed by atoms with Crippen molar-refractivity contribution < 1.29 is 27.5 Å². The third-order valence-electron chi connectivity index (χ3n) is 4.81. The minimum Gasteiger partial charge on any atom is -0.454 e. The number of nitrogens with zero attached hydrogens (tertiary/aromatic N) is 3. The van der Waals surface area contributed by atoms with E-state index in [-0.39, 0.29) is 17.0 Å². The van der Waals surface area contributed by atoms with Crippen molar-refractivity contribution in [3.8, 4) is 6.07 Å². The van der Waals surface area contributed by atoms with E-state index >= 15 is 0 Å². The molecule has 0 aromatic heterocycles. The molecule has 0 aliphatic carbocycles. The lowest BCUT2D eigenvalue weighted by molar-refractivity contribution is -0.146. The van der Waals surface area contributed by atoms with Gasteiger partial charge in [-0.15, -0.1) is 0 Å². The number of amides is 2. The van der Waals surface area contributed by atoms with Crippen LogP contribution in [0.25, 0.3) is 0 Å². The van der Waals surface area contributed by atoms with E-state index < -0.39 is 41.0 Å². The zero-order valence-corrected chi connectivity index (χ0v) is 19.7. The molecule has 11 heteroatoms. The minimum atomic E-state index is -3.64. The van der Waals surface area contributed by atoms with Gasteiger partial charge in [0.1, 0.15) is 13.1 Å². The molecule has 0 unspecified atom stereocenters. The molecule has 34 heavy (non-hydrogen) atoms. The van der Waals surface area contributed by atoms with Gasteiger partial charge in [0.2, 0.25) is 10.0 Å². The molecule has 0 saturated heterocycles. The number of hydrogen-bond donors (Lipinski definition) is 1. The van der Waals surface area contributed by atoms with E-state index in [9.17, 15) is 22.8 Å². The number of para-hydroxylation sites is 1. The summed E-state index contributed by atoms with van der Waals surface area (Å²) >= 11 is 0. The maximum Gasteiger partial charge on any atom is 0.325 e. The van der Waals surface area contributed by atoms with E-state index in [0.29, 0.717) is 18.8 Å². The Balaban J connectivity index is 1.89. The summed E-state index contributed by atoms with van der Waals surface area (Å²) < 4.78 is 31.2. The van der Waals surface area contributed by atoms with Gasteiger partial charge < -0.3 is 10.1 Å². The molecule has 0 atom stereocenters. The Morgan fingerprint density at radius 1 is 1.00 bits per heavy atom. The van der Waals surface area contributed by atoms with E-state index in [1.165, 1.54) is 33.5 Å². The van der Waals surface area contributed by atoms with Crippen molar-refractivity contribution >= 4 is 33.5 Å². The number of benzene rings is 2. The van der Waals surface area contributed by atoms with Crippen LogP contribution in [0.4, 0.5) is 5.69 Å². The van der Waals surface area contributed by atoms with Crippen molar-refractivity contribution in [3.63, 3.8) is 0 Å². The second kappa shape index (κ2) is 12.5. The van der Waals surface area contributed by atoms with Crippen LogP contribution < -0.4 is 10.2 Å². The van der Waals surface area contributed by atoms with Crippen molar-refractivity contribution in [2.45, 2.75) is 18.7 Å². The molecule has 2 aromatic rings. The summed E-state index contributed by atoms with van der Waals surface area (Å²) in [5.41, 5.74) is 0.650. The molecule has 0 aliphatic heterocycles. The van der Waals surface area contributed by atoms with Crippen molar-refractivity contribution in [2.75, 3.05) is 37.7 Å². The van der Waals surface area contributed by atoms with Crippen molar-refractivity contribution in [1.82, 2.24) is 9.62 Å². The molecule has 0 saturated carbocycles. The summed E-state index contributed by atoms with van der Waals surface area (Å²) in [5, 5.41) is 11.3. The van der Waals surface area contributed by atoms with Crippen LogP contribution in [0.2, 0.25) is 0 Å². The van der Waals surface area contributed by atoms with E-state index in [4.69, 9.17) is 10.00 Å². The average Bonchev–Trinajstić information content (AvgIpc) is 2.85. The Morgan fingerprint density at radius 2 is 1.62 bits per heavy atom. The SMILES string of the molecule is CCN(CC)S(=O)(=O)c1ccc(C(=O)NCC(=O)OCC(=O)N(CC#N)c2ccccc2)cc1. The van der Waals surface area contributed by atoms with Gasteiger partial charge >= 0.3 is 5.97 Å². The van der Waals surface area contributed by atoms with Gasteiger partial charge in [-0.05, 0) is 36.4 Å². The Labute approximate surface area is 198 Å². The molecule has 10 nitrogen and oxygen atoms in total. The highest BCUT2D eigenvalue weighted by atomic mass is 32.2. The maximum absolute atomic E-state index is 12.5. The van der Waals surface area contributed by atoms with Crippen LogP contribution in [-0.4, -0.2) is 63.3 Å². The molecule has 0 heterocycles. The molecule has 2 amide bonds. The lowest BCUT2D eigenvalue weighted by Gasteiger charge is -2.19. The van der Waals surface area contributed by atoms with Crippen LogP contribution in [0.15, 0.2) is 59.5 Å². The van der Waals surface area contributed by atoms with E-state index in [1.807, 2.05) is 6.07 Å². The molecule has 1 N–H and O–H groups in total. The van der Waals surface area contributed by atoms with Gasteiger partial charge in [0, 0.05) is 24.3 Å². The predicted molar refractivity (Wildman–Crippen MR) is 124 cm³/mol. The molecule has 0 fully saturated rings. The molecule has 0 aliphatic rings. The standard InChI is InChI=1S/C23H26N4O6S/c1-3-26(4-2)34(31,32)20-12-10-18(11-13-20)23(30)25-16-22(29)33-17-21(28)27(15-14-24)19-8-6-5-7-9-19/h5-13H,3-4,15-17H2,1-2H3,(H,25,30). The Kier molecular flexibility index (Phi) is 9.73. The number of anilines is 1. The largest absolute Gasteiger partial charge is 0.454 e. The first-order valence-corrected chi connectivity index (χ1v) is 11.9. The fraction of sp³-hybridized carbons (Fsp3) is 0.304. The molecule has 2 rings (SSSR count). The first-order valence-electron chi connectivity index (χ1n) is 10.5. The lowest BCUT2D eigenvalue weighted by Crippen LogP contribution is -2.37. The van der Waals surface area contributed by atoms with E-state index in [0.717, 1.165) is 0 Å². The Hall–Kier alpha value is -3.75. The van der Waals surface area contributed by atoms with Gasteiger partial charge in [0.25, 0.3) is 11.8 Å². The van der Waals surface area contributed by atoms with Gasteiger partial charge in [0.15, 0.2) is 6.61 Å². The minimum absolute atomic E-state index is 0.0611.